The van der Waals surface area contributed by atoms with Crippen LogP contribution < -0.4 is 0 Å². The highest BCUT2D eigenvalue weighted by molar-refractivity contribution is 7.13. The van der Waals surface area contributed by atoms with Gasteiger partial charge >= 0.3 is 6.18 Å². The first-order valence-corrected chi connectivity index (χ1v) is 7.28. The third-order valence-corrected chi connectivity index (χ3v) is 5.19. The summed E-state index contributed by atoms with van der Waals surface area (Å²) in [5, 5.41) is 0.160. The maximum atomic E-state index is 13.3. The molecule has 19 heavy (non-hydrogen) atoms. The second-order valence-electron chi connectivity index (χ2n) is 4.36. The van der Waals surface area contributed by atoms with Crippen LogP contribution in [0.2, 0.25) is 0 Å². The lowest BCUT2D eigenvalue weighted by atomic mass is 10.1. The van der Waals surface area contributed by atoms with Crippen molar-refractivity contribution in [3.05, 3.63) is 31.2 Å². The molecule has 2 rings (SSSR count). The fourth-order valence-electron chi connectivity index (χ4n) is 1.63. The van der Waals surface area contributed by atoms with Gasteiger partial charge in [0.05, 0.1) is 11.4 Å². The molecule has 0 atom stereocenters. The zero-order valence-corrected chi connectivity index (χ0v) is 12.6. The van der Waals surface area contributed by atoms with Crippen LogP contribution >= 0.6 is 22.7 Å². The molecule has 0 saturated carbocycles. The van der Waals surface area contributed by atoms with Crippen LogP contribution in [0, 0.1) is 27.7 Å². The summed E-state index contributed by atoms with van der Waals surface area (Å²) in [6.07, 6.45) is -4.37. The van der Waals surface area contributed by atoms with Gasteiger partial charge in [0.2, 0.25) is 0 Å². The van der Waals surface area contributed by atoms with E-state index in [1.165, 1.54) is 0 Å². The minimum Gasteiger partial charge on any atom is -0.245 e. The van der Waals surface area contributed by atoms with Gasteiger partial charge in [-0.2, -0.15) is 13.2 Å². The molecule has 104 valence electrons. The average Bonchev–Trinajstić information content (AvgIpc) is 2.71. The van der Waals surface area contributed by atoms with Crippen molar-refractivity contribution in [2.75, 3.05) is 0 Å². The SMILES string of the molecule is Cc1nc(C(c2nc(C)c(C)s2)C(F)(F)F)sc1C. The molecule has 2 nitrogen and oxygen atoms in total. The molecule has 0 unspecified atom stereocenters. The van der Waals surface area contributed by atoms with Gasteiger partial charge in [-0.25, -0.2) is 9.97 Å². The molecular formula is C12H13F3N2S2. The Morgan fingerprint density at radius 3 is 1.42 bits per heavy atom. The van der Waals surface area contributed by atoms with E-state index in [0.29, 0.717) is 11.4 Å². The predicted molar refractivity (Wildman–Crippen MR) is 71.1 cm³/mol. The number of thiazole rings is 2. The summed E-state index contributed by atoms with van der Waals surface area (Å²) in [4.78, 5) is 9.74. The summed E-state index contributed by atoms with van der Waals surface area (Å²) >= 11 is 2.19. The standard InChI is InChI=1S/C12H13F3N2S2/c1-5-7(3)18-10(16-5)9(12(13,14)15)11-17-6(2)8(4)19-11/h9H,1-4H3. The van der Waals surface area contributed by atoms with E-state index in [2.05, 4.69) is 9.97 Å². The summed E-state index contributed by atoms with van der Waals surface area (Å²) in [7, 11) is 0. The number of rotatable bonds is 2. The predicted octanol–water partition coefficient (Wildman–Crippen LogP) is 4.53. The van der Waals surface area contributed by atoms with Gasteiger partial charge in [-0.1, -0.05) is 0 Å². The topological polar surface area (TPSA) is 25.8 Å². The van der Waals surface area contributed by atoms with Crippen molar-refractivity contribution >= 4 is 22.7 Å². The smallest absolute Gasteiger partial charge is 0.245 e. The normalized spacial score (nSPS) is 12.4. The van der Waals surface area contributed by atoms with Crippen LogP contribution in [0.4, 0.5) is 13.2 Å². The second-order valence-corrected chi connectivity index (χ2v) is 6.83. The zero-order valence-electron chi connectivity index (χ0n) is 10.9. The van der Waals surface area contributed by atoms with E-state index in [4.69, 9.17) is 0 Å². The Balaban J connectivity index is 2.53. The van der Waals surface area contributed by atoms with E-state index in [1.807, 2.05) is 0 Å². The average molecular weight is 306 g/mol. The molecule has 0 saturated heterocycles. The van der Waals surface area contributed by atoms with Crippen LogP contribution in [0.5, 0.6) is 0 Å². The molecule has 0 aliphatic carbocycles. The highest BCUT2D eigenvalue weighted by atomic mass is 32.1. The van der Waals surface area contributed by atoms with E-state index in [1.54, 1.807) is 27.7 Å². The lowest BCUT2D eigenvalue weighted by Crippen LogP contribution is -2.21. The number of hydrogen-bond acceptors (Lipinski definition) is 4. The van der Waals surface area contributed by atoms with Crippen LogP contribution in [-0.2, 0) is 0 Å². The molecule has 0 aliphatic heterocycles. The Morgan fingerprint density at radius 2 is 1.21 bits per heavy atom. The lowest BCUT2D eigenvalue weighted by molar-refractivity contribution is -0.141. The summed E-state index contributed by atoms with van der Waals surface area (Å²) in [5.41, 5.74) is 1.30. The zero-order chi connectivity index (χ0) is 14.4. The van der Waals surface area contributed by atoms with E-state index in [0.717, 1.165) is 32.4 Å². The van der Waals surface area contributed by atoms with Crippen molar-refractivity contribution in [1.29, 1.82) is 0 Å². The van der Waals surface area contributed by atoms with Crippen molar-refractivity contribution in [3.8, 4) is 0 Å². The van der Waals surface area contributed by atoms with Crippen LogP contribution in [0.1, 0.15) is 37.1 Å². The highest BCUT2D eigenvalue weighted by Crippen LogP contribution is 2.43. The van der Waals surface area contributed by atoms with Crippen molar-refractivity contribution < 1.29 is 13.2 Å². The molecule has 7 heteroatoms. The Bertz CT molecular complexity index is 513. The van der Waals surface area contributed by atoms with Gasteiger partial charge < -0.3 is 0 Å². The maximum absolute atomic E-state index is 13.3. The van der Waals surface area contributed by atoms with Gasteiger partial charge in [0.15, 0.2) is 5.92 Å². The van der Waals surface area contributed by atoms with Crippen LogP contribution in [-0.4, -0.2) is 16.1 Å². The van der Waals surface area contributed by atoms with E-state index in [9.17, 15) is 13.2 Å². The molecule has 0 bridgehead atoms. The number of aromatic nitrogens is 2. The Morgan fingerprint density at radius 1 is 0.842 bits per heavy atom. The minimum absolute atomic E-state index is 0.0799. The van der Waals surface area contributed by atoms with Crippen molar-refractivity contribution in [1.82, 2.24) is 9.97 Å². The Labute approximate surface area is 117 Å². The summed E-state index contributed by atoms with van der Waals surface area (Å²) in [6.45, 7) is 7.01. The molecular weight excluding hydrogens is 293 g/mol. The van der Waals surface area contributed by atoms with Gasteiger partial charge in [0, 0.05) is 9.75 Å². The lowest BCUT2D eigenvalue weighted by Gasteiger charge is -2.15. The largest absolute Gasteiger partial charge is 0.404 e. The first-order chi connectivity index (χ1) is 8.70. The first kappa shape index (κ1) is 14.5. The second kappa shape index (κ2) is 4.86. The minimum atomic E-state index is -4.37. The third kappa shape index (κ3) is 2.81. The monoisotopic (exact) mass is 306 g/mol. The number of nitrogens with zero attached hydrogens (tertiary/aromatic N) is 2. The van der Waals surface area contributed by atoms with Gasteiger partial charge in [0.1, 0.15) is 10.0 Å². The molecule has 0 fully saturated rings. The molecule has 2 aromatic rings. The number of halogens is 3. The number of alkyl halides is 3. The van der Waals surface area contributed by atoms with Gasteiger partial charge in [-0.3, -0.25) is 0 Å². The van der Waals surface area contributed by atoms with Gasteiger partial charge in [-0.05, 0) is 27.7 Å². The van der Waals surface area contributed by atoms with E-state index in [-0.39, 0.29) is 10.0 Å². The summed E-state index contributed by atoms with van der Waals surface area (Å²) in [6, 6.07) is 0. The van der Waals surface area contributed by atoms with Gasteiger partial charge in [0.25, 0.3) is 0 Å². The molecule has 2 aromatic heterocycles. The number of hydrogen-bond donors (Lipinski definition) is 0. The van der Waals surface area contributed by atoms with Crippen LogP contribution in [0.25, 0.3) is 0 Å². The van der Waals surface area contributed by atoms with Crippen molar-refractivity contribution in [2.24, 2.45) is 0 Å². The molecule has 0 spiro atoms. The molecule has 0 N–H and O–H groups in total. The molecule has 0 amide bonds. The van der Waals surface area contributed by atoms with Crippen LogP contribution in [0.15, 0.2) is 0 Å². The van der Waals surface area contributed by atoms with Crippen LogP contribution in [0.3, 0.4) is 0 Å². The first-order valence-electron chi connectivity index (χ1n) is 5.64. The molecule has 0 radical (unpaired) electrons. The molecule has 2 heterocycles. The highest BCUT2D eigenvalue weighted by Gasteiger charge is 2.46. The quantitative estimate of drug-likeness (QED) is 0.815. The van der Waals surface area contributed by atoms with Crippen molar-refractivity contribution in [3.63, 3.8) is 0 Å². The summed E-state index contributed by atoms with van der Waals surface area (Å²) in [5.74, 6) is -1.71. The maximum Gasteiger partial charge on any atom is 0.404 e. The van der Waals surface area contributed by atoms with Gasteiger partial charge in [-0.15, -0.1) is 22.7 Å². The molecule has 0 aromatic carbocycles. The van der Waals surface area contributed by atoms with Crippen molar-refractivity contribution in [2.45, 2.75) is 39.8 Å². The fraction of sp³-hybridized carbons (Fsp3) is 0.500. The number of aryl methyl sites for hydroxylation is 4. The van der Waals surface area contributed by atoms with E-state index < -0.39 is 12.1 Å². The Kier molecular flexibility index (Phi) is 3.70. The third-order valence-electron chi connectivity index (χ3n) is 2.91. The van der Waals surface area contributed by atoms with E-state index >= 15 is 0 Å². The summed E-state index contributed by atoms with van der Waals surface area (Å²) < 4.78 is 39.9. The Hall–Kier alpha value is -0.950. The fourth-order valence-corrected chi connectivity index (χ4v) is 3.81. The molecule has 0 aliphatic rings.